The zero-order chi connectivity index (χ0) is 36.5. The van der Waals surface area contributed by atoms with Gasteiger partial charge in [-0.2, -0.15) is 0 Å². The topological polar surface area (TPSA) is 170 Å². The van der Waals surface area contributed by atoms with Gasteiger partial charge in [0.15, 0.2) is 11.9 Å². The molecule has 1 aromatic carbocycles. The van der Waals surface area contributed by atoms with Crippen molar-refractivity contribution in [1.29, 1.82) is 0 Å². The fourth-order valence-corrected chi connectivity index (χ4v) is 9.20. The number of esters is 1. The van der Waals surface area contributed by atoms with Gasteiger partial charge in [0.05, 0.1) is 36.4 Å². The molecule has 1 aromatic rings. The molecular weight excluding hydrogens is 634 g/mol. The zero-order valence-corrected chi connectivity index (χ0v) is 30.2. The number of nitrogens with one attached hydrogen (secondary N) is 1. The van der Waals surface area contributed by atoms with Crippen LogP contribution in [0.2, 0.25) is 0 Å². The third-order valence-corrected chi connectivity index (χ3v) is 11.9. The number of aliphatic hydroxyl groups excluding tert-OH is 2. The Morgan fingerprint density at radius 1 is 1.06 bits per heavy atom. The number of benzene rings is 1. The number of Topliss-reactive ketones (excluding diaryl/α,β-unsaturated/α-hetero) is 1. The van der Waals surface area contributed by atoms with Gasteiger partial charge >= 0.3 is 12.1 Å². The molecule has 1 amide bonds. The van der Waals surface area contributed by atoms with Gasteiger partial charge in [0, 0.05) is 43.8 Å². The van der Waals surface area contributed by atoms with Gasteiger partial charge in [-0.1, -0.05) is 51.1 Å². The average molecular weight is 688 g/mol. The van der Waals surface area contributed by atoms with Crippen molar-refractivity contribution >= 4 is 17.8 Å². The average Bonchev–Trinajstić information content (AvgIpc) is 3.02. The molecule has 3 fully saturated rings. The second-order valence-corrected chi connectivity index (χ2v) is 16.2. The monoisotopic (exact) mass is 687 g/mol. The quantitative estimate of drug-likeness (QED) is 0.245. The third-order valence-electron chi connectivity index (χ3n) is 11.9. The number of methoxy groups -OCH3 is 2. The Hall–Kier alpha value is -2.87. The highest BCUT2D eigenvalue weighted by Gasteiger charge is 2.74. The summed E-state index contributed by atoms with van der Waals surface area (Å²) >= 11 is 0. The molecule has 272 valence electrons. The van der Waals surface area contributed by atoms with Gasteiger partial charge in [0.25, 0.3) is 0 Å². The standard InChI is InChI=1S/C37H53NO11/c1-19-21(48-31(42)26(39)25(20-14-12-11-13-15-20)38-32(43)49-33(2,3)4)17-37(44)30(41)28-35(7)18-47-22(35)16-23(45-9)36(28,8)29(40)27(46-10)24(19)34(37,5)6/h11-15,21-23,25-28,30,39,41,44H,16-18H2,1-10H3,(H,38,43)/t21-,22+,23-,25-,26+,27+,28+,30-,35+,36+,37+/m0/s1. The number of rotatable bonds is 7. The fraction of sp³-hybridized carbons (Fsp3) is 0.703. The predicted molar refractivity (Wildman–Crippen MR) is 177 cm³/mol. The molecule has 2 saturated carbocycles. The van der Waals surface area contributed by atoms with Gasteiger partial charge in [-0.25, -0.2) is 9.59 Å². The first-order valence-corrected chi connectivity index (χ1v) is 16.9. The van der Waals surface area contributed by atoms with Gasteiger partial charge in [-0.3, -0.25) is 4.79 Å². The second kappa shape index (κ2) is 12.7. The number of hydrogen-bond acceptors (Lipinski definition) is 11. The van der Waals surface area contributed by atoms with E-state index in [4.69, 9.17) is 23.7 Å². The number of fused-ring (bicyclic) bond motifs is 5. The van der Waals surface area contributed by atoms with Crippen LogP contribution in [0.4, 0.5) is 4.79 Å². The van der Waals surface area contributed by atoms with E-state index in [0.717, 1.165) is 0 Å². The maximum Gasteiger partial charge on any atom is 0.408 e. The molecule has 3 aliphatic carbocycles. The van der Waals surface area contributed by atoms with E-state index in [-0.39, 0.29) is 24.9 Å². The summed E-state index contributed by atoms with van der Waals surface area (Å²) in [6.07, 6.45) is -7.28. The molecule has 11 atom stereocenters. The number of amides is 1. The van der Waals surface area contributed by atoms with Crippen LogP contribution in [0.5, 0.6) is 0 Å². The number of ether oxygens (including phenoxy) is 5. The van der Waals surface area contributed by atoms with Crippen LogP contribution in [0.3, 0.4) is 0 Å². The van der Waals surface area contributed by atoms with Crippen LogP contribution in [0.15, 0.2) is 41.5 Å². The summed E-state index contributed by atoms with van der Waals surface area (Å²) < 4.78 is 29.2. The summed E-state index contributed by atoms with van der Waals surface area (Å²) in [6, 6.07) is 7.21. The van der Waals surface area contributed by atoms with Gasteiger partial charge in [-0.05, 0) is 51.3 Å². The minimum atomic E-state index is -1.94. The van der Waals surface area contributed by atoms with Crippen molar-refractivity contribution in [3.63, 3.8) is 0 Å². The van der Waals surface area contributed by atoms with Crippen molar-refractivity contribution < 1.29 is 53.4 Å². The molecule has 4 aliphatic rings. The summed E-state index contributed by atoms with van der Waals surface area (Å²) in [4.78, 5) is 41.5. The van der Waals surface area contributed by atoms with Crippen LogP contribution in [0, 0.1) is 22.2 Å². The Morgan fingerprint density at radius 3 is 2.22 bits per heavy atom. The molecule has 1 aliphatic heterocycles. The molecule has 12 heteroatoms. The van der Waals surface area contributed by atoms with E-state index >= 15 is 0 Å². The van der Waals surface area contributed by atoms with Gasteiger partial charge in [0.1, 0.15) is 23.4 Å². The molecule has 0 spiro atoms. The zero-order valence-electron chi connectivity index (χ0n) is 30.2. The lowest BCUT2D eigenvalue weighted by Gasteiger charge is -2.68. The van der Waals surface area contributed by atoms with Crippen molar-refractivity contribution in [3.8, 4) is 0 Å². The lowest BCUT2D eigenvalue weighted by atomic mass is 9.42. The molecular formula is C37H53NO11. The van der Waals surface area contributed by atoms with Crippen LogP contribution >= 0.6 is 0 Å². The Bertz CT molecular complexity index is 1490. The van der Waals surface area contributed by atoms with Crippen molar-refractivity contribution in [1.82, 2.24) is 5.32 Å². The molecule has 0 unspecified atom stereocenters. The van der Waals surface area contributed by atoms with Crippen LogP contribution in [0.1, 0.15) is 79.8 Å². The van der Waals surface area contributed by atoms with E-state index < -0.39 is 82.0 Å². The summed E-state index contributed by atoms with van der Waals surface area (Å²) in [5, 5.41) is 39.4. The van der Waals surface area contributed by atoms with Crippen LogP contribution in [-0.4, -0.2) is 102 Å². The first-order valence-electron chi connectivity index (χ1n) is 16.9. The molecule has 5 rings (SSSR count). The lowest BCUT2D eigenvalue weighted by molar-refractivity contribution is -0.316. The van der Waals surface area contributed by atoms with Crippen LogP contribution in [0.25, 0.3) is 0 Å². The predicted octanol–water partition coefficient (Wildman–Crippen LogP) is 3.41. The molecule has 12 nitrogen and oxygen atoms in total. The molecule has 0 aromatic heterocycles. The Labute approximate surface area is 288 Å². The molecule has 2 bridgehead atoms. The summed E-state index contributed by atoms with van der Waals surface area (Å²) in [6.45, 7) is 14.3. The second-order valence-electron chi connectivity index (χ2n) is 16.2. The number of alkyl carbamates (subject to hydrolysis) is 1. The van der Waals surface area contributed by atoms with Crippen molar-refractivity contribution in [3.05, 3.63) is 47.0 Å². The third kappa shape index (κ3) is 5.82. The molecule has 0 radical (unpaired) electrons. The number of hydrogen-bond donors (Lipinski definition) is 4. The Morgan fingerprint density at radius 2 is 1.69 bits per heavy atom. The maximum atomic E-state index is 14.9. The first-order chi connectivity index (χ1) is 22.7. The molecule has 1 saturated heterocycles. The van der Waals surface area contributed by atoms with E-state index in [0.29, 0.717) is 23.1 Å². The van der Waals surface area contributed by atoms with Crippen molar-refractivity contribution in [2.45, 2.75) is 122 Å². The van der Waals surface area contributed by atoms with E-state index in [1.165, 1.54) is 14.2 Å². The smallest absolute Gasteiger partial charge is 0.408 e. The van der Waals surface area contributed by atoms with E-state index in [2.05, 4.69) is 5.32 Å². The van der Waals surface area contributed by atoms with Crippen LogP contribution in [-0.2, 0) is 33.3 Å². The van der Waals surface area contributed by atoms with Gasteiger partial charge < -0.3 is 44.3 Å². The number of carbonyl (C=O) groups excluding carboxylic acids is 3. The van der Waals surface area contributed by atoms with E-state index in [1.807, 2.05) is 6.92 Å². The highest BCUT2D eigenvalue weighted by atomic mass is 16.6. The first kappa shape index (κ1) is 37.4. The maximum absolute atomic E-state index is 14.9. The highest BCUT2D eigenvalue weighted by molar-refractivity contribution is 5.93. The van der Waals surface area contributed by atoms with Crippen LogP contribution < -0.4 is 5.32 Å². The summed E-state index contributed by atoms with van der Waals surface area (Å²) in [7, 11) is 2.95. The SMILES string of the molecule is CO[C@H]1C(=O)[C@]2(C)[C@@H](OC)C[C@H]3OC[C@@]3(C)[C@H]2[C@H](O)[C@]2(O)C[C@H](OC(=O)[C@H](O)[C@@H](NC(=O)OC(C)(C)C)c3ccccc3)C(C)=C1C2(C)C. The minimum absolute atomic E-state index is 0.235. The number of ketones is 1. The number of carbonyl (C=O) groups is 3. The molecule has 49 heavy (non-hydrogen) atoms. The number of aliphatic hydroxyl groups is 3. The Balaban J connectivity index is 1.56. The molecule has 1 heterocycles. The van der Waals surface area contributed by atoms with Gasteiger partial charge in [-0.15, -0.1) is 0 Å². The largest absolute Gasteiger partial charge is 0.456 e. The normalized spacial score (nSPS) is 38.1. The minimum Gasteiger partial charge on any atom is -0.456 e. The van der Waals surface area contributed by atoms with Crippen molar-refractivity contribution in [2.75, 3.05) is 20.8 Å². The fourth-order valence-electron chi connectivity index (χ4n) is 9.20. The summed E-state index contributed by atoms with van der Waals surface area (Å²) in [5.41, 5.74) is -4.66. The van der Waals surface area contributed by atoms with E-state index in [9.17, 15) is 29.7 Å². The van der Waals surface area contributed by atoms with Gasteiger partial charge in [0.2, 0.25) is 0 Å². The lowest BCUT2D eigenvalue weighted by Crippen LogP contribution is -2.77. The molecule has 4 N–H and O–H groups in total. The highest BCUT2D eigenvalue weighted by Crippen LogP contribution is 2.65. The Kier molecular flexibility index (Phi) is 9.70. The van der Waals surface area contributed by atoms with Crippen molar-refractivity contribution in [2.24, 2.45) is 22.2 Å². The van der Waals surface area contributed by atoms with E-state index in [1.54, 1.807) is 78.8 Å². The summed E-state index contributed by atoms with van der Waals surface area (Å²) in [5.74, 6) is -2.20.